The van der Waals surface area contributed by atoms with Crippen LogP contribution in [-0.2, 0) is 32.2 Å². The second-order valence-electron chi connectivity index (χ2n) is 7.24. The Balaban J connectivity index is 2.46. The van der Waals surface area contributed by atoms with Gasteiger partial charge in [0.25, 0.3) is 0 Å². The molecule has 0 aromatic heterocycles. The van der Waals surface area contributed by atoms with Gasteiger partial charge in [-0.2, -0.15) is 0 Å². The highest BCUT2D eigenvalue weighted by molar-refractivity contribution is 5.87. The van der Waals surface area contributed by atoms with Crippen molar-refractivity contribution in [2.24, 2.45) is 5.41 Å². The van der Waals surface area contributed by atoms with Crippen LogP contribution in [0.4, 0.5) is 0 Å². The molecule has 28 heavy (non-hydrogen) atoms. The molecule has 0 fully saturated rings. The molecule has 0 saturated carbocycles. The number of carbonyl (C=O) groups is 2. The lowest BCUT2D eigenvalue weighted by Gasteiger charge is -2.38. The van der Waals surface area contributed by atoms with E-state index in [2.05, 4.69) is 0 Å². The molecule has 0 spiro atoms. The summed E-state index contributed by atoms with van der Waals surface area (Å²) in [5.74, 6) is -0.874. The molecule has 0 N–H and O–H groups in total. The summed E-state index contributed by atoms with van der Waals surface area (Å²) >= 11 is 0. The molecular formula is C23H29NO4. The molecule has 0 saturated heterocycles. The summed E-state index contributed by atoms with van der Waals surface area (Å²) in [6, 6.07) is 19.0. The molecular weight excluding hydrogens is 354 g/mol. The third kappa shape index (κ3) is 5.42. The highest BCUT2D eigenvalue weighted by Crippen LogP contribution is 2.30. The van der Waals surface area contributed by atoms with Gasteiger partial charge >= 0.3 is 11.9 Å². The fourth-order valence-corrected chi connectivity index (χ4v) is 3.37. The summed E-state index contributed by atoms with van der Waals surface area (Å²) in [7, 11) is 1.34. The maximum Gasteiger partial charge on any atom is 0.324 e. The van der Waals surface area contributed by atoms with Crippen LogP contribution in [0.2, 0.25) is 0 Å². The van der Waals surface area contributed by atoms with Crippen LogP contribution in [-0.4, -0.2) is 36.6 Å². The first-order chi connectivity index (χ1) is 13.4. The van der Waals surface area contributed by atoms with Gasteiger partial charge in [-0.3, -0.25) is 14.5 Å². The van der Waals surface area contributed by atoms with Crippen molar-refractivity contribution in [1.29, 1.82) is 0 Å². The average molecular weight is 383 g/mol. The van der Waals surface area contributed by atoms with E-state index in [1.807, 2.05) is 65.6 Å². The molecule has 0 bridgehead atoms. The number of carbonyl (C=O) groups excluding carboxylic acids is 2. The van der Waals surface area contributed by atoms with Crippen LogP contribution < -0.4 is 0 Å². The highest BCUT2D eigenvalue weighted by atomic mass is 16.5. The number of hydrogen-bond donors (Lipinski definition) is 0. The summed E-state index contributed by atoms with van der Waals surface area (Å²) in [4.78, 5) is 27.5. The van der Waals surface area contributed by atoms with Crippen molar-refractivity contribution < 1.29 is 19.1 Å². The van der Waals surface area contributed by atoms with Gasteiger partial charge in [0.15, 0.2) is 0 Å². The Morgan fingerprint density at radius 3 is 1.79 bits per heavy atom. The van der Waals surface area contributed by atoms with Gasteiger partial charge in [-0.25, -0.2) is 0 Å². The number of rotatable bonds is 9. The lowest BCUT2D eigenvalue weighted by atomic mass is 9.82. The van der Waals surface area contributed by atoms with Crippen molar-refractivity contribution in [2.75, 3.05) is 13.7 Å². The normalized spacial score (nSPS) is 12.5. The molecule has 1 unspecified atom stereocenters. The smallest absolute Gasteiger partial charge is 0.324 e. The van der Waals surface area contributed by atoms with E-state index >= 15 is 0 Å². The van der Waals surface area contributed by atoms with Crippen LogP contribution in [0.15, 0.2) is 60.7 Å². The van der Waals surface area contributed by atoms with Crippen LogP contribution in [0.3, 0.4) is 0 Å². The van der Waals surface area contributed by atoms with E-state index in [-0.39, 0.29) is 6.61 Å². The molecule has 2 rings (SSSR count). The second kappa shape index (κ2) is 10.0. The number of hydrogen-bond acceptors (Lipinski definition) is 5. The lowest BCUT2D eigenvalue weighted by molar-refractivity contribution is -0.168. The molecule has 0 amide bonds. The van der Waals surface area contributed by atoms with E-state index in [1.165, 1.54) is 7.11 Å². The van der Waals surface area contributed by atoms with Gasteiger partial charge in [-0.05, 0) is 31.9 Å². The topological polar surface area (TPSA) is 55.8 Å². The molecule has 5 nitrogen and oxygen atoms in total. The molecule has 1 atom stereocenters. The van der Waals surface area contributed by atoms with E-state index < -0.39 is 23.4 Å². The first kappa shape index (κ1) is 21.6. The van der Waals surface area contributed by atoms with Crippen LogP contribution >= 0.6 is 0 Å². The van der Waals surface area contributed by atoms with E-state index in [0.717, 1.165) is 11.1 Å². The molecule has 0 aliphatic carbocycles. The van der Waals surface area contributed by atoms with Gasteiger partial charge in [0, 0.05) is 13.1 Å². The van der Waals surface area contributed by atoms with E-state index in [0.29, 0.717) is 13.1 Å². The van der Waals surface area contributed by atoms with Crippen LogP contribution in [0.25, 0.3) is 0 Å². The fourth-order valence-electron chi connectivity index (χ4n) is 3.37. The monoisotopic (exact) mass is 383 g/mol. The maximum absolute atomic E-state index is 13.0. The van der Waals surface area contributed by atoms with Gasteiger partial charge in [0.1, 0.15) is 6.04 Å². The van der Waals surface area contributed by atoms with Crippen molar-refractivity contribution in [2.45, 2.75) is 39.9 Å². The number of methoxy groups -OCH3 is 1. The molecule has 0 aliphatic rings. The van der Waals surface area contributed by atoms with Gasteiger partial charge < -0.3 is 9.47 Å². The number of ether oxygens (including phenoxy) is 2. The predicted molar refractivity (Wildman–Crippen MR) is 108 cm³/mol. The summed E-state index contributed by atoms with van der Waals surface area (Å²) in [5.41, 5.74) is 1.02. The molecule has 2 aromatic carbocycles. The van der Waals surface area contributed by atoms with Crippen molar-refractivity contribution in [3.63, 3.8) is 0 Å². The Morgan fingerprint density at radius 2 is 1.39 bits per heavy atom. The minimum atomic E-state index is -1.08. The average Bonchev–Trinajstić information content (AvgIpc) is 2.69. The van der Waals surface area contributed by atoms with Crippen LogP contribution in [0.5, 0.6) is 0 Å². The summed E-state index contributed by atoms with van der Waals surface area (Å²) in [5, 5.41) is 0. The molecule has 0 aliphatic heterocycles. The third-order valence-corrected chi connectivity index (χ3v) is 4.73. The van der Waals surface area contributed by atoms with Gasteiger partial charge in [-0.15, -0.1) is 0 Å². The summed E-state index contributed by atoms with van der Waals surface area (Å²) < 4.78 is 10.4. The first-order valence-corrected chi connectivity index (χ1v) is 9.47. The maximum atomic E-state index is 13.0. The van der Waals surface area contributed by atoms with E-state index in [9.17, 15) is 9.59 Å². The van der Waals surface area contributed by atoms with Crippen molar-refractivity contribution in [1.82, 2.24) is 4.90 Å². The summed E-state index contributed by atoms with van der Waals surface area (Å²) in [6.45, 7) is 6.46. The molecule has 2 aromatic rings. The number of benzene rings is 2. The Hall–Kier alpha value is -2.66. The molecule has 0 radical (unpaired) electrons. The Labute approximate surface area is 167 Å². The van der Waals surface area contributed by atoms with E-state index in [1.54, 1.807) is 20.8 Å². The largest absolute Gasteiger partial charge is 0.469 e. The standard InChI is InChI=1S/C23H29NO4/c1-5-28-21(25)20(23(2,3)22(26)27-4)24(16-18-12-8-6-9-13-18)17-19-14-10-7-11-15-19/h6-15,20H,5,16-17H2,1-4H3. The quantitative estimate of drug-likeness (QED) is 0.616. The minimum Gasteiger partial charge on any atom is -0.469 e. The third-order valence-electron chi connectivity index (χ3n) is 4.73. The second-order valence-corrected chi connectivity index (χ2v) is 7.24. The minimum absolute atomic E-state index is 0.247. The zero-order valence-corrected chi connectivity index (χ0v) is 17.1. The van der Waals surface area contributed by atoms with Gasteiger partial charge in [-0.1, -0.05) is 60.7 Å². The van der Waals surface area contributed by atoms with Gasteiger partial charge in [0.2, 0.25) is 0 Å². The predicted octanol–water partition coefficient (Wildman–Crippen LogP) is 3.82. The van der Waals surface area contributed by atoms with Crippen molar-refractivity contribution >= 4 is 11.9 Å². The zero-order chi connectivity index (χ0) is 20.6. The Morgan fingerprint density at radius 1 is 0.929 bits per heavy atom. The highest BCUT2D eigenvalue weighted by Gasteiger charge is 2.46. The lowest BCUT2D eigenvalue weighted by Crippen LogP contribution is -2.54. The molecule has 150 valence electrons. The van der Waals surface area contributed by atoms with Crippen molar-refractivity contribution in [3.8, 4) is 0 Å². The molecule has 5 heteroatoms. The Bertz CT molecular complexity index is 717. The summed E-state index contributed by atoms with van der Waals surface area (Å²) in [6.07, 6.45) is 0. The van der Waals surface area contributed by atoms with Crippen molar-refractivity contribution in [3.05, 3.63) is 71.8 Å². The first-order valence-electron chi connectivity index (χ1n) is 9.47. The Kier molecular flexibility index (Phi) is 7.76. The van der Waals surface area contributed by atoms with Crippen LogP contribution in [0.1, 0.15) is 31.9 Å². The van der Waals surface area contributed by atoms with Gasteiger partial charge in [0.05, 0.1) is 19.1 Å². The van der Waals surface area contributed by atoms with E-state index in [4.69, 9.17) is 9.47 Å². The number of nitrogens with zero attached hydrogens (tertiary/aromatic N) is 1. The molecule has 0 heterocycles. The zero-order valence-electron chi connectivity index (χ0n) is 17.1. The fraction of sp³-hybridized carbons (Fsp3) is 0.391. The number of esters is 2. The van der Waals surface area contributed by atoms with Crippen LogP contribution in [0, 0.1) is 5.41 Å². The SMILES string of the molecule is CCOC(=O)C(N(Cc1ccccc1)Cc1ccccc1)C(C)(C)C(=O)OC.